The van der Waals surface area contributed by atoms with Crippen molar-refractivity contribution in [2.75, 3.05) is 19.6 Å². The zero-order valence-corrected chi connectivity index (χ0v) is 13.2. The third-order valence-electron chi connectivity index (χ3n) is 4.41. The van der Waals surface area contributed by atoms with Crippen molar-refractivity contribution >= 4 is 5.91 Å². The van der Waals surface area contributed by atoms with E-state index in [9.17, 15) is 10.1 Å². The Balaban J connectivity index is 2.60. The predicted molar refractivity (Wildman–Crippen MR) is 81.1 cm³/mol. The first-order valence-corrected chi connectivity index (χ1v) is 8.02. The van der Waals surface area contributed by atoms with Crippen LogP contribution in [0.3, 0.4) is 0 Å². The van der Waals surface area contributed by atoms with E-state index in [4.69, 9.17) is 0 Å². The van der Waals surface area contributed by atoms with E-state index < -0.39 is 5.41 Å². The lowest BCUT2D eigenvalue weighted by Crippen LogP contribution is -2.48. The zero-order valence-electron chi connectivity index (χ0n) is 13.2. The Morgan fingerprint density at radius 2 is 1.80 bits per heavy atom. The number of likely N-dealkylation sites (N-methyl/N-ethyl adjacent to an activating group) is 1. The van der Waals surface area contributed by atoms with Gasteiger partial charge in [-0.3, -0.25) is 4.79 Å². The molecule has 0 spiro atoms. The molecule has 0 heterocycles. The Labute approximate surface area is 123 Å². The fraction of sp³-hybridized carbons (Fsp3) is 0.875. The number of hydrogen-bond acceptors (Lipinski definition) is 3. The molecule has 1 saturated carbocycles. The fourth-order valence-electron chi connectivity index (χ4n) is 3.00. The number of nitrogens with zero attached hydrogens (tertiary/aromatic N) is 2. The smallest absolute Gasteiger partial charge is 0.240 e. The lowest BCUT2D eigenvalue weighted by molar-refractivity contribution is -0.129. The molecule has 0 radical (unpaired) electrons. The number of nitriles is 1. The Morgan fingerprint density at radius 3 is 2.25 bits per heavy atom. The second kappa shape index (κ2) is 8.26. The average Bonchev–Trinajstić information content (AvgIpc) is 2.71. The molecule has 1 aliphatic carbocycles. The molecule has 0 aromatic rings. The third-order valence-corrected chi connectivity index (χ3v) is 4.41. The SMILES string of the molecule is CCN(CC)CC(C)NC(=O)C1(C#N)CCCCCC1. The van der Waals surface area contributed by atoms with Crippen molar-refractivity contribution in [1.29, 1.82) is 5.26 Å². The first-order valence-electron chi connectivity index (χ1n) is 8.02. The van der Waals surface area contributed by atoms with E-state index in [1.807, 2.05) is 6.92 Å². The Hall–Kier alpha value is -1.08. The monoisotopic (exact) mass is 279 g/mol. The van der Waals surface area contributed by atoms with Crippen molar-refractivity contribution in [2.24, 2.45) is 5.41 Å². The maximum atomic E-state index is 12.5. The van der Waals surface area contributed by atoms with Gasteiger partial charge in [-0.2, -0.15) is 5.26 Å². The molecule has 1 rings (SSSR count). The van der Waals surface area contributed by atoms with Gasteiger partial charge in [0, 0.05) is 12.6 Å². The molecule has 0 aromatic carbocycles. The molecular weight excluding hydrogens is 250 g/mol. The molecule has 1 aliphatic rings. The Morgan fingerprint density at radius 1 is 1.25 bits per heavy atom. The number of carbonyl (C=O) groups excluding carboxylic acids is 1. The summed E-state index contributed by atoms with van der Waals surface area (Å²) in [6, 6.07) is 2.41. The second-order valence-electron chi connectivity index (χ2n) is 5.97. The number of nitrogens with one attached hydrogen (secondary N) is 1. The lowest BCUT2D eigenvalue weighted by atomic mass is 9.81. The van der Waals surface area contributed by atoms with Crippen LogP contribution in [0.15, 0.2) is 0 Å². The van der Waals surface area contributed by atoms with E-state index in [1.54, 1.807) is 0 Å². The van der Waals surface area contributed by atoms with Crippen LogP contribution in [0.1, 0.15) is 59.3 Å². The van der Waals surface area contributed by atoms with E-state index in [0.717, 1.165) is 45.3 Å². The van der Waals surface area contributed by atoms with Gasteiger partial charge in [0.1, 0.15) is 5.41 Å². The number of carbonyl (C=O) groups is 1. The maximum absolute atomic E-state index is 12.5. The van der Waals surface area contributed by atoms with Crippen LogP contribution in [0.5, 0.6) is 0 Å². The van der Waals surface area contributed by atoms with Gasteiger partial charge in [0.05, 0.1) is 6.07 Å². The van der Waals surface area contributed by atoms with Crippen molar-refractivity contribution in [1.82, 2.24) is 10.2 Å². The third kappa shape index (κ3) is 4.49. The van der Waals surface area contributed by atoms with Gasteiger partial charge < -0.3 is 10.2 Å². The molecule has 0 aliphatic heterocycles. The highest BCUT2D eigenvalue weighted by atomic mass is 16.2. The molecule has 1 amide bonds. The molecule has 0 aromatic heterocycles. The lowest BCUT2D eigenvalue weighted by Gasteiger charge is -2.28. The van der Waals surface area contributed by atoms with Crippen LogP contribution < -0.4 is 5.32 Å². The molecular formula is C16H29N3O. The predicted octanol–water partition coefficient (Wildman–Crippen LogP) is 2.70. The molecule has 20 heavy (non-hydrogen) atoms. The largest absolute Gasteiger partial charge is 0.351 e. The van der Waals surface area contributed by atoms with Crippen molar-refractivity contribution in [3.05, 3.63) is 0 Å². The molecule has 0 saturated heterocycles. The summed E-state index contributed by atoms with van der Waals surface area (Å²) in [6.07, 6.45) is 5.70. The van der Waals surface area contributed by atoms with Crippen LogP contribution in [0.25, 0.3) is 0 Å². The Bertz CT molecular complexity index is 336. The molecule has 1 unspecified atom stereocenters. The summed E-state index contributed by atoms with van der Waals surface area (Å²) in [6.45, 7) is 9.10. The van der Waals surface area contributed by atoms with Gasteiger partial charge in [-0.1, -0.05) is 39.5 Å². The van der Waals surface area contributed by atoms with Gasteiger partial charge in [-0.15, -0.1) is 0 Å². The van der Waals surface area contributed by atoms with E-state index in [2.05, 4.69) is 30.1 Å². The highest BCUT2D eigenvalue weighted by Gasteiger charge is 2.39. The van der Waals surface area contributed by atoms with Crippen molar-refractivity contribution < 1.29 is 4.79 Å². The fourth-order valence-corrected chi connectivity index (χ4v) is 3.00. The number of amides is 1. The highest BCUT2D eigenvalue weighted by Crippen LogP contribution is 2.34. The van der Waals surface area contributed by atoms with Crippen LogP contribution in [-0.2, 0) is 4.79 Å². The normalized spacial score (nSPS) is 19.9. The van der Waals surface area contributed by atoms with Gasteiger partial charge in [0.15, 0.2) is 0 Å². The summed E-state index contributed by atoms with van der Waals surface area (Å²) in [5.41, 5.74) is -0.784. The van der Waals surface area contributed by atoms with Gasteiger partial charge in [0.2, 0.25) is 5.91 Å². The number of hydrogen-bond donors (Lipinski definition) is 1. The molecule has 4 nitrogen and oxygen atoms in total. The van der Waals surface area contributed by atoms with E-state index in [1.165, 1.54) is 0 Å². The van der Waals surface area contributed by atoms with Crippen molar-refractivity contribution in [3.8, 4) is 6.07 Å². The first-order chi connectivity index (χ1) is 9.57. The van der Waals surface area contributed by atoms with Crippen molar-refractivity contribution in [3.63, 3.8) is 0 Å². The van der Waals surface area contributed by atoms with Crippen LogP contribution >= 0.6 is 0 Å². The first kappa shape index (κ1) is 17.0. The summed E-state index contributed by atoms with van der Waals surface area (Å²) in [5.74, 6) is -0.0541. The van der Waals surface area contributed by atoms with Gasteiger partial charge in [-0.25, -0.2) is 0 Å². The molecule has 1 N–H and O–H groups in total. The van der Waals surface area contributed by atoms with E-state index >= 15 is 0 Å². The van der Waals surface area contributed by atoms with Crippen LogP contribution in [0, 0.1) is 16.7 Å². The molecule has 4 heteroatoms. The summed E-state index contributed by atoms with van der Waals surface area (Å²) >= 11 is 0. The van der Waals surface area contributed by atoms with E-state index in [0.29, 0.717) is 12.8 Å². The standard InChI is InChI=1S/C16H29N3O/c1-4-19(5-2)12-14(3)18-15(20)16(13-17)10-8-6-7-9-11-16/h14H,4-12H2,1-3H3,(H,18,20). The maximum Gasteiger partial charge on any atom is 0.240 e. The molecule has 114 valence electrons. The molecule has 0 bridgehead atoms. The summed E-state index contributed by atoms with van der Waals surface area (Å²) in [7, 11) is 0. The minimum Gasteiger partial charge on any atom is -0.351 e. The summed E-state index contributed by atoms with van der Waals surface area (Å²) in [4.78, 5) is 14.8. The molecule has 1 fully saturated rings. The highest BCUT2D eigenvalue weighted by molar-refractivity contribution is 5.85. The molecule has 1 atom stereocenters. The second-order valence-corrected chi connectivity index (χ2v) is 5.97. The average molecular weight is 279 g/mol. The van der Waals surface area contributed by atoms with Gasteiger partial charge in [-0.05, 0) is 32.9 Å². The quantitative estimate of drug-likeness (QED) is 0.761. The minimum atomic E-state index is -0.784. The summed E-state index contributed by atoms with van der Waals surface area (Å²) in [5, 5.41) is 12.6. The van der Waals surface area contributed by atoms with E-state index in [-0.39, 0.29) is 11.9 Å². The number of rotatable bonds is 6. The van der Waals surface area contributed by atoms with Gasteiger partial charge in [0.25, 0.3) is 0 Å². The van der Waals surface area contributed by atoms with Crippen LogP contribution in [0.4, 0.5) is 0 Å². The summed E-state index contributed by atoms with van der Waals surface area (Å²) < 4.78 is 0. The van der Waals surface area contributed by atoms with Gasteiger partial charge >= 0.3 is 0 Å². The zero-order chi connectivity index (χ0) is 15.0. The Kier molecular flexibility index (Phi) is 7.01. The topological polar surface area (TPSA) is 56.1 Å². The van der Waals surface area contributed by atoms with Crippen LogP contribution in [-0.4, -0.2) is 36.5 Å². The van der Waals surface area contributed by atoms with Crippen molar-refractivity contribution in [2.45, 2.75) is 65.3 Å². The van der Waals surface area contributed by atoms with Crippen LogP contribution in [0.2, 0.25) is 0 Å². The minimum absolute atomic E-state index is 0.0541.